The van der Waals surface area contributed by atoms with Crippen molar-refractivity contribution in [1.82, 2.24) is 0 Å². The van der Waals surface area contributed by atoms with Gasteiger partial charge in [0.2, 0.25) is 0 Å². The number of rotatable bonds is 6. The summed E-state index contributed by atoms with van der Waals surface area (Å²) in [4.78, 5) is 0. The highest BCUT2D eigenvalue weighted by atomic mass is 19.1. The summed E-state index contributed by atoms with van der Waals surface area (Å²) in [6.45, 7) is 4.80. The fourth-order valence-corrected chi connectivity index (χ4v) is 1.91. The molecule has 0 amide bonds. The zero-order valence-electron chi connectivity index (χ0n) is 11.9. The van der Waals surface area contributed by atoms with E-state index in [9.17, 15) is 4.39 Å². The van der Waals surface area contributed by atoms with Crippen LogP contribution in [0.15, 0.2) is 48.5 Å². The first-order valence-electron chi connectivity index (χ1n) is 6.92. The molecule has 106 valence electrons. The lowest BCUT2D eigenvalue weighted by Gasteiger charge is -2.16. The Hall–Kier alpha value is -2.03. The molecule has 1 N–H and O–H groups in total. The average Bonchev–Trinajstić information content (AvgIpc) is 2.47. The van der Waals surface area contributed by atoms with E-state index in [-0.39, 0.29) is 11.9 Å². The first-order valence-corrected chi connectivity index (χ1v) is 6.92. The van der Waals surface area contributed by atoms with Gasteiger partial charge in [-0.3, -0.25) is 0 Å². The van der Waals surface area contributed by atoms with E-state index < -0.39 is 0 Å². The Bertz CT molecular complexity index is 522. The van der Waals surface area contributed by atoms with Crippen molar-refractivity contribution in [3.63, 3.8) is 0 Å². The molecule has 2 aromatic rings. The first-order chi connectivity index (χ1) is 9.67. The number of benzene rings is 2. The molecule has 0 aliphatic heterocycles. The summed E-state index contributed by atoms with van der Waals surface area (Å²) in [5, 5.41) is 3.22. The Balaban J connectivity index is 1.82. The maximum Gasteiger partial charge on any atom is 0.123 e. The van der Waals surface area contributed by atoms with Gasteiger partial charge in [-0.25, -0.2) is 4.39 Å². The number of nitrogens with one attached hydrogen (secondary N) is 1. The molecule has 0 fully saturated rings. The number of ether oxygens (including phenoxy) is 1. The van der Waals surface area contributed by atoms with E-state index in [2.05, 4.69) is 24.4 Å². The smallest absolute Gasteiger partial charge is 0.123 e. The molecule has 0 saturated heterocycles. The Labute approximate surface area is 119 Å². The monoisotopic (exact) mass is 273 g/mol. The van der Waals surface area contributed by atoms with Crippen molar-refractivity contribution in [2.45, 2.75) is 26.4 Å². The highest BCUT2D eigenvalue weighted by molar-refractivity contribution is 5.42. The summed E-state index contributed by atoms with van der Waals surface area (Å²) in [5.74, 6) is 0.645. The largest absolute Gasteiger partial charge is 0.489 e. The van der Waals surface area contributed by atoms with Crippen LogP contribution in [0.2, 0.25) is 0 Å². The van der Waals surface area contributed by atoms with Crippen LogP contribution in [0, 0.1) is 5.82 Å². The molecule has 0 bridgehead atoms. The molecule has 0 spiro atoms. The van der Waals surface area contributed by atoms with E-state index in [1.165, 1.54) is 17.7 Å². The molecule has 20 heavy (non-hydrogen) atoms. The molecule has 0 saturated carbocycles. The molecule has 0 radical (unpaired) electrons. The Kier molecular flexibility index (Phi) is 4.99. The highest BCUT2D eigenvalue weighted by Crippen LogP contribution is 2.15. The molecule has 2 nitrogen and oxygen atoms in total. The van der Waals surface area contributed by atoms with E-state index in [4.69, 9.17) is 4.74 Å². The van der Waals surface area contributed by atoms with Crippen LogP contribution in [-0.4, -0.2) is 12.6 Å². The van der Waals surface area contributed by atoms with Gasteiger partial charge >= 0.3 is 0 Å². The van der Waals surface area contributed by atoms with E-state index in [0.717, 1.165) is 17.9 Å². The van der Waals surface area contributed by atoms with Gasteiger partial charge in [-0.1, -0.05) is 19.1 Å². The summed E-state index contributed by atoms with van der Waals surface area (Å²) in [6, 6.07) is 14.5. The third-order valence-electron chi connectivity index (χ3n) is 3.11. The van der Waals surface area contributed by atoms with Crippen LogP contribution in [0.25, 0.3) is 0 Å². The Morgan fingerprint density at radius 1 is 1.05 bits per heavy atom. The van der Waals surface area contributed by atoms with E-state index >= 15 is 0 Å². The van der Waals surface area contributed by atoms with Crippen molar-refractivity contribution in [2.24, 2.45) is 0 Å². The zero-order chi connectivity index (χ0) is 14.4. The van der Waals surface area contributed by atoms with E-state index in [0.29, 0.717) is 6.54 Å². The summed E-state index contributed by atoms with van der Waals surface area (Å²) >= 11 is 0. The first kappa shape index (κ1) is 14.4. The second-order valence-electron chi connectivity index (χ2n) is 4.81. The predicted molar refractivity (Wildman–Crippen MR) is 80.8 cm³/mol. The Morgan fingerprint density at radius 2 is 1.70 bits per heavy atom. The second kappa shape index (κ2) is 6.94. The lowest BCUT2D eigenvalue weighted by atomic mass is 10.2. The molecule has 0 unspecified atom stereocenters. The van der Waals surface area contributed by atoms with Crippen LogP contribution in [0.1, 0.15) is 19.4 Å². The number of anilines is 1. The molecule has 2 rings (SSSR count). The normalized spacial score (nSPS) is 11.9. The summed E-state index contributed by atoms with van der Waals surface area (Å²) in [5.41, 5.74) is 2.19. The van der Waals surface area contributed by atoms with Gasteiger partial charge in [0.05, 0.1) is 6.54 Å². The number of hydrogen-bond acceptors (Lipinski definition) is 2. The van der Waals surface area contributed by atoms with E-state index in [1.54, 1.807) is 12.1 Å². The van der Waals surface area contributed by atoms with Crippen molar-refractivity contribution in [3.8, 4) is 5.75 Å². The van der Waals surface area contributed by atoms with Crippen LogP contribution in [-0.2, 0) is 6.42 Å². The summed E-state index contributed by atoms with van der Waals surface area (Å²) in [6.07, 6.45) is 1.06. The van der Waals surface area contributed by atoms with Crippen LogP contribution in [0.5, 0.6) is 5.75 Å². The Morgan fingerprint density at radius 3 is 2.30 bits per heavy atom. The third kappa shape index (κ3) is 4.26. The van der Waals surface area contributed by atoms with Gasteiger partial charge in [-0.05, 0) is 55.3 Å². The van der Waals surface area contributed by atoms with Crippen molar-refractivity contribution in [1.29, 1.82) is 0 Å². The van der Waals surface area contributed by atoms with Gasteiger partial charge in [0.1, 0.15) is 17.7 Å². The second-order valence-corrected chi connectivity index (χ2v) is 4.81. The maximum atomic E-state index is 12.8. The van der Waals surface area contributed by atoms with Gasteiger partial charge in [-0.15, -0.1) is 0 Å². The van der Waals surface area contributed by atoms with Crippen molar-refractivity contribution >= 4 is 5.69 Å². The van der Waals surface area contributed by atoms with E-state index in [1.807, 2.05) is 19.1 Å². The number of halogens is 1. The van der Waals surface area contributed by atoms with Gasteiger partial charge in [0, 0.05) is 5.69 Å². The van der Waals surface area contributed by atoms with Gasteiger partial charge in [-0.2, -0.15) is 0 Å². The van der Waals surface area contributed by atoms with Crippen LogP contribution >= 0.6 is 0 Å². The molecule has 0 aliphatic carbocycles. The maximum absolute atomic E-state index is 12.8. The van der Waals surface area contributed by atoms with Gasteiger partial charge < -0.3 is 10.1 Å². The molecule has 2 aromatic carbocycles. The predicted octanol–water partition coefficient (Wildman–Crippen LogP) is 4.27. The molecule has 1 atom stereocenters. The minimum atomic E-state index is -0.226. The fourth-order valence-electron chi connectivity index (χ4n) is 1.91. The standard InChI is InChI=1S/C17H20FNO/c1-3-14-4-10-17(11-5-14)20-13(2)12-19-16-8-6-15(18)7-9-16/h4-11,13,19H,3,12H2,1-2H3/t13-/m0/s1. The molecular formula is C17H20FNO. The minimum absolute atomic E-state index is 0.0347. The molecular weight excluding hydrogens is 253 g/mol. The fraction of sp³-hybridized carbons (Fsp3) is 0.294. The molecule has 0 aromatic heterocycles. The number of hydrogen-bond donors (Lipinski definition) is 1. The summed E-state index contributed by atoms with van der Waals surface area (Å²) < 4.78 is 18.6. The third-order valence-corrected chi connectivity index (χ3v) is 3.11. The SMILES string of the molecule is CCc1ccc(O[C@@H](C)CNc2ccc(F)cc2)cc1. The van der Waals surface area contributed by atoms with Crippen molar-refractivity contribution in [3.05, 3.63) is 59.9 Å². The van der Waals surface area contributed by atoms with Gasteiger partial charge in [0.25, 0.3) is 0 Å². The lowest BCUT2D eigenvalue weighted by Crippen LogP contribution is -2.22. The lowest BCUT2D eigenvalue weighted by molar-refractivity contribution is 0.234. The van der Waals surface area contributed by atoms with Crippen molar-refractivity contribution < 1.29 is 9.13 Å². The summed E-state index contributed by atoms with van der Waals surface area (Å²) in [7, 11) is 0. The van der Waals surface area contributed by atoms with Gasteiger partial charge in [0.15, 0.2) is 0 Å². The average molecular weight is 273 g/mol. The number of aryl methyl sites for hydroxylation is 1. The van der Waals surface area contributed by atoms with Crippen molar-refractivity contribution in [2.75, 3.05) is 11.9 Å². The molecule has 0 aliphatic rings. The zero-order valence-corrected chi connectivity index (χ0v) is 11.9. The highest BCUT2D eigenvalue weighted by Gasteiger charge is 2.04. The topological polar surface area (TPSA) is 21.3 Å². The van der Waals surface area contributed by atoms with Crippen LogP contribution in [0.3, 0.4) is 0 Å². The quantitative estimate of drug-likeness (QED) is 0.848. The molecule has 0 heterocycles. The van der Waals surface area contributed by atoms with Crippen LogP contribution in [0.4, 0.5) is 10.1 Å². The van der Waals surface area contributed by atoms with Crippen LogP contribution < -0.4 is 10.1 Å². The minimum Gasteiger partial charge on any atom is -0.489 e. The molecule has 3 heteroatoms.